The molecule has 1 aromatic carbocycles. The number of amides is 2. The van der Waals surface area contributed by atoms with Crippen LogP contribution in [0.15, 0.2) is 24.3 Å². The van der Waals surface area contributed by atoms with Crippen LogP contribution in [-0.4, -0.2) is 35.3 Å². The van der Waals surface area contributed by atoms with Gasteiger partial charge in [0.2, 0.25) is 11.8 Å². The van der Waals surface area contributed by atoms with E-state index in [1.165, 1.54) is 24.9 Å². The van der Waals surface area contributed by atoms with Gasteiger partial charge >= 0.3 is 0 Å². The third kappa shape index (κ3) is 4.04. The Morgan fingerprint density at radius 2 is 1.96 bits per heavy atom. The molecule has 2 aliphatic heterocycles. The lowest BCUT2D eigenvalue weighted by Gasteiger charge is -2.28. The summed E-state index contributed by atoms with van der Waals surface area (Å²) in [5.41, 5.74) is 1.91. The van der Waals surface area contributed by atoms with E-state index in [4.69, 9.17) is 5.41 Å². The molecule has 2 amide bonds. The average Bonchev–Trinajstić information content (AvgIpc) is 2.86. The molecule has 1 unspecified atom stereocenters. The van der Waals surface area contributed by atoms with Gasteiger partial charge in [0.15, 0.2) is 5.17 Å². The van der Waals surface area contributed by atoms with Gasteiger partial charge in [-0.05, 0) is 43.5 Å². The number of anilines is 2. The first kappa shape index (κ1) is 15.9. The second kappa shape index (κ2) is 7.04. The van der Waals surface area contributed by atoms with Crippen LogP contribution in [0.3, 0.4) is 0 Å². The Balaban J connectivity index is 1.54. The molecule has 2 saturated heterocycles. The van der Waals surface area contributed by atoms with Gasteiger partial charge in [0.05, 0.1) is 0 Å². The average molecular weight is 332 g/mol. The fraction of sp³-hybridized carbons (Fsp3) is 0.438. The molecule has 1 atom stereocenters. The van der Waals surface area contributed by atoms with Crippen LogP contribution in [0.1, 0.15) is 25.7 Å². The van der Waals surface area contributed by atoms with Crippen LogP contribution in [0.2, 0.25) is 0 Å². The Morgan fingerprint density at radius 1 is 1.26 bits per heavy atom. The van der Waals surface area contributed by atoms with Gasteiger partial charge in [-0.15, -0.1) is 0 Å². The molecule has 0 bridgehead atoms. The summed E-state index contributed by atoms with van der Waals surface area (Å²) in [6.07, 6.45) is 3.84. The third-order valence-electron chi connectivity index (χ3n) is 4.03. The van der Waals surface area contributed by atoms with Crippen LogP contribution in [-0.2, 0) is 9.59 Å². The number of nitrogens with one attached hydrogen (secondary N) is 3. The van der Waals surface area contributed by atoms with Crippen molar-refractivity contribution in [3.8, 4) is 0 Å². The number of carbonyl (C=O) groups is 2. The lowest BCUT2D eigenvalue weighted by Crippen LogP contribution is -2.29. The van der Waals surface area contributed by atoms with E-state index < -0.39 is 5.25 Å². The molecule has 0 saturated carbocycles. The highest BCUT2D eigenvalue weighted by atomic mass is 32.2. The maximum atomic E-state index is 12.0. The zero-order valence-corrected chi connectivity index (χ0v) is 13.6. The highest BCUT2D eigenvalue weighted by Crippen LogP contribution is 2.24. The topological polar surface area (TPSA) is 85.3 Å². The quantitative estimate of drug-likeness (QED) is 0.789. The number of hydrogen-bond donors (Lipinski definition) is 3. The van der Waals surface area contributed by atoms with Crippen molar-refractivity contribution < 1.29 is 9.59 Å². The van der Waals surface area contributed by atoms with Crippen molar-refractivity contribution in [2.45, 2.75) is 30.9 Å². The number of hydrogen-bond acceptors (Lipinski definition) is 5. The molecule has 0 spiro atoms. The van der Waals surface area contributed by atoms with Crippen molar-refractivity contribution in [2.24, 2.45) is 0 Å². The first-order valence-corrected chi connectivity index (χ1v) is 8.71. The summed E-state index contributed by atoms with van der Waals surface area (Å²) in [5.74, 6) is -0.478. The van der Waals surface area contributed by atoms with Crippen molar-refractivity contribution >= 4 is 40.1 Å². The zero-order chi connectivity index (χ0) is 16.2. The molecule has 0 aromatic heterocycles. The molecule has 2 aliphatic rings. The summed E-state index contributed by atoms with van der Waals surface area (Å²) in [5, 5.41) is 12.2. The lowest BCUT2D eigenvalue weighted by atomic mass is 10.1. The predicted molar refractivity (Wildman–Crippen MR) is 93.0 cm³/mol. The Labute approximate surface area is 139 Å². The summed E-state index contributed by atoms with van der Waals surface area (Å²) in [6.45, 7) is 2.18. The van der Waals surface area contributed by atoms with E-state index in [0.29, 0.717) is 0 Å². The highest BCUT2D eigenvalue weighted by molar-refractivity contribution is 8.15. The van der Waals surface area contributed by atoms with E-state index in [0.717, 1.165) is 30.5 Å². The Bertz CT molecular complexity index is 611. The van der Waals surface area contributed by atoms with Crippen LogP contribution in [0.25, 0.3) is 0 Å². The Kier molecular flexibility index (Phi) is 4.85. The normalized spacial score (nSPS) is 21.2. The first-order chi connectivity index (χ1) is 11.1. The number of piperidine rings is 1. The molecule has 3 N–H and O–H groups in total. The molecular weight excluding hydrogens is 312 g/mol. The Hall–Kier alpha value is -2.02. The van der Waals surface area contributed by atoms with Crippen LogP contribution in [0.4, 0.5) is 11.4 Å². The summed E-state index contributed by atoms with van der Waals surface area (Å²) in [7, 11) is 0. The highest BCUT2D eigenvalue weighted by Gasteiger charge is 2.31. The van der Waals surface area contributed by atoms with Crippen molar-refractivity contribution in [2.75, 3.05) is 23.3 Å². The number of rotatable bonds is 4. The van der Waals surface area contributed by atoms with Crippen molar-refractivity contribution in [1.82, 2.24) is 5.32 Å². The molecule has 1 aromatic rings. The zero-order valence-electron chi connectivity index (χ0n) is 12.8. The summed E-state index contributed by atoms with van der Waals surface area (Å²) >= 11 is 1.09. The van der Waals surface area contributed by atoms with Crippen LogP contribution >= 0.6 is 11.8 Å². The fourth-order valence-corrected chi connectivity index (χ4v) is 3.68. The van der Waals surface area contributed by atoms with Crippen LogP contribution < -0.4 is 15.5 Å². The van der Waals surface area contributed by atoms with Gasteiger partial charge < -0.3 is 15.5 Å². The van der Waals surface area contributed by atoms with Crippen molar-refractivity contribution in [3.63, 3.8) is 0 Å². The second-order valence-corrected chi connectivity index (χ2v) is 6.98. The number of nitrogens with zero attached hydrogens (tertiary/aromatic N) is 1. The smallest absolute Gasteiger partial charge is 0.240 e. The molecule has 2 heterocycles. The van der Waals surface area contributed by atoms with Gasteiger partial charge in [0.1, 0.15) is 5.25 Å². The minimum atomic E-state index is -0.505. The molecular formula is C16H20N4O2S. The maximum Gasteiger partial charge on any atom is 0.240 e. The van der Waals surface area contributed by atoms with Gasteiger partial charge in [-0.3, -0.25) is 15.0 Å². The van der Waals surface area contributed by atoms with Gasteiger partial charge in [-0.2, -0.15) is 0 Å². The monoisotopic (exact) mass is 332 g/mol. The maximum absolute atomic E-state index is 12.0. The molecule has 0 aliphatic carbocycles. The van der Waals surface area contributed by atoms with E-state index >= 15 is 0 Å². The van der Waals surface area contributed by atoms with E-state index in [9.17, 15) is 9.59 Å². The fourth-order valence-electron chi connectivity index (χ4n) is 2.84. The van der Waals surface area contributed by atoms with E-state index in [2.05, 4.69) is 15.5 Å². The number of amidine groups is 1. The first-order valence-electron chi connectivity index (χ1n) is 7.83. The molecule has 7 heteroatoms. The minimum absolute atomic E-state index is 0.0761. The van der Waals surface area contributed by atoms with Crippen molar-refractivity contribution in [1.29, 1.82) is 5.41 Å². The van der Waals surface area contributed by atoms with Gasteiger partial charge in [-0.25, -0.2) is 0 Å². The molecule has 122 valence electrons. The molecule has 23 heavy (non-hydrogen) atoms. The molecule has 0 radical (unpaired) electrons. The van der Waals surface area contributed by atoms with E-state index in [-0.39, 0.29) is 23.4 Å². The Morgan fingerprint density at radius 3 is 2.57 bits per heavy atom. The third-order valence-corrected chi connectivity index (χ3v) is 5.04. The van der Waals surface area contributed by atoms with Crippen molar-refractivity contribution in [3.05, 3.63) is 24.3 Å². The SMILES string of the molecule is N=C1NC(=O)C(CC(=O)Nc2ccc(N3CCCCC3)cc2)S1. The summed E-state index contributed by atoms with van der Waals surface area (Å²) in [6, 6.07) is 7.83. The second-order valence-electron chi connectivity index (χ2n) is 5.77. The van der Waals surface area contributed by atoms with Gasteiger partial charge in [0, 0.05) is 30.9 Å². The predicted octanol–water partition coefficient (Wildman–Crippen LogP) is 2.17. The van der Waals surface area contributed by atoms with E-state index in [1.54, 1.807) is 0 Å². The summed E-state index contributed by atoms with van der Waals surface area (Å²) < 4.78 is 0. The van der Waals surface area contributed by atoms with Gasteiger partial charge in [-0.1, -0.05) is 11.8 Å². The molecule has 2 fully saturated rings. The number of thioether (sulfide) groups is 1. The summed E-state index contributed by atoms with van der Waals surface area (Å²) in [4.78, 5) is 25.9. The number of carbonyl (C=O) groups excluding carboxylic acids is 2. The largest absolute Gasteiger partial charge is 0.372 e. The number of benzene rings is 1. The minimum Gasteiger partial charge on any atom is -0.372 e. The molecule has 6 nitrogen and oxygen atoms in total. The lowest BCUT2D eigenvalue weighted by molar-refractivity contribution is -0.122. The standard InChI is InChI=1S/C16H20N4O2S/c17-16-19-15(22)13(23-16)10-14(21)18-11-4-6-12(7-5-11)20-8-2-1-3-9-20/h4-7,13H,1-3,8-10H2,(H,18,21)(H2,17,19,22). The van der Waals surface area contributed by atoms with E-state index in [1.807, 2.05) is 24.3 Å². The molecule has 3 rings (SSSR count). The van der Waals surface area contributed by atoms with Crippen LogP contribution in [0, 0.1) is 5.41 Å². The van der Waals surface area contributed by atoms with Crippen LogP contribution in [0.5, 0.6) is 0 Å². The van der Waals surface area contributed by atoms with Gasteiger partial charge in [0.25, 0.3) is 0 Å².